The van der Waals surface area contributed by atoms with E-state index in [9.17, 15) is 26.4 Å². The van der Waals surface area contributed by atoms with E-state index in [2.05, 4.69) is 5.32 Å². The van der Waals surface area contributed by atoms with Crippen molar-refractivity contribution in [3.63, 3.8) is 0 Å². The molecule has 180 valence electrons. The highest BCUT2D eigenvalue weighted by atomic mass is 32.2. The Balaban J connectivity index is 1.60. The van der Waals surface area contributed by atoms with Gasteiger partial charge >= 0.3 is 6.18 Å². The molecule has 0 saturated heterocycles. The molecule has 0 saturated carbocycles. The van der Waals surface area contributed by atoms with Crippen LogP contribution in [0.5, 0.6) is 5.75 Å². The molecule has 3 rings (SSSR count). The molecule has 34 heavy (non-hydrogen) atoms. The minimum Gasteiger partial charge on any atom is -0.484 e. The van der Waals surface area contributed by atoms with Gasteiger partial charge in [0.05, 0.1) is 24.1 Å². The minimum absolute atomic E-state index is 0.162. The average molecular weight is 493 g/mol. The van der Waals surface area contributed by atoms with Gasteiger partial charge in [-0.2, -0.15) is 13.2 Å². The summed E-state index contributed by atoms with van der Waals surface area (Å²) in [5.41, 5.74) is 1.73. The molecule has 0 heterocycles. The Bertz CT molecular complexity index is 1230. The average Bonchev–Trinajstić information content (AvgIpc) is 2.77. The number of anilines is 2. The summed E-state index contributed by atoms with van der Waals surface area (Å²) in [4.78, 5) is 12.1. The lowest BCUT2D eigenvalue weighted by atomic mass is 10.1. The lowest BCUT2D eigenvalue weighted by Crippen LogP contribution is -2.29. The molecule has 0 aliphatic heterocycles. The Morgan fingerprint density at radius 2 is 1.53 bits per heavy atom. The summed E-state index contributed by atoms with van der Waals surface area (Å²) in [7, 11) is -3.55. The van der Waals surface area contributed by atoms with E-state index in [-0.39, 0.29) is 18.8 Å². The molecule has 0 radical (unpaired) electrons. The predicted molar refractivity (Wildman–Crippen MR) is 124 cm³/mol. The van der Waals surface area contributed by atoms with Gasteiger partial charge in [0.2, 0.25) is 10.0 Å². The highest BCUT2D eigenvalue weighted by Gasteiger charge is 2.30. The Kier molecular flexibility index (Phi) is 7.51. The van der Waals surface area contributed by atoms with E-state index in [0.717, 1.165) is 41.6 Å². The largest absolute Gasteiger partial charge is 0.484 e. The summed E-state index contributed by atoms with van der Waals surface area (Å²) in [6.45, 7) is 1.73. The number of nitrogens with one attached hydrogen (secondary N) is 1. The third-order valence-electron chi connectivity index (χ3n) is 4.84. The van der Waals surface area contributed by atoms with E-state index in [0.29, 0.717) is 11.4 Å². The first kappa shape index (κ1) is 25.1. The van der Waals surface area contributed by atoms with E-state index in [4.69, 9.17) is 4.74 Å². The molecule has 0 atom stereocenters. The normalized spacial score (nSPS) is 11.7. The van der Waals surface area contributed by atoms with Gasteiger partial charge in [-0.05, 0) is 61.0 Å². The molecular formula is C24H23F3N2O4S. The zero-order valence-corrected chi connectivity index (χ0v) is 19.3. The Labute approximate surface area is 196 Å². The highest BCUT2D eigenvalue weighted by molar-refractivity contribution is 7.92. The molecule has 0 aliphatic rings. The quantitative estimate of drug-likeness (QED) is 0.480. The van der Waals surface area contributed by atoms with E-state index in [1.165, 1.54) is 16.4 Å². The number of carbonyl (C=O) groups is 1. The molecule has 1 N–H and O–H groups in total. The lowest BCUT2D eigenvalue weighted by Gasteiger charge is -2.23. The third kappa shape index (κ3) is 6.98. The summed E-state index contributed by atoms with van der Waals surface area (Å²) in [6.07, 6.45) is -3.33. The monoisotopic (exact) mass is 492 g/mol. The minimum atomic E-state index is -4.45. The van der Waals surface area contributed by atoms with Crippen molar-refractivity contribution in [2.24, 2.45) is 0 Å². The smallest absolute Gasteiger partial charge is 0.416 e. The molecule has 10 heteroatoms. The number of sulfonamides is 1. The molecule has 3 aromatic rings. The zero-order valence-electron chi connectivity index (χ0n) is 18.5. The molecule has 6 nitrogen and oxygen atoms in total. The number of nitrogens with zero attached hydrogens (tertiary/aromatic N) is 1. The number of carbonyl (C=O) groups excluding carboxylic acids is 1. The molecule has 0 unspecified atom stereocenters. The van der Waals surface area contributed by atoms with Gasteiger partial charge in [0.1, 0.15) is 5.75 Å². The molecule has 0 spiro atoms. The number of halogens is 3. The van der Waals surface area contributed by atoms with Gasteiger partial charge in [-0.3, -0.25) is 9.10 Å². The molecule has 0 aromatic heterocycles. The van der Waals surface area contributed by atoms with Crippen LogP contribution in [-0.2, 0) is 27.5 Å². The van der Waals surface area contributed by atoms with Gasteiger partial charge in [-0.15, -0.1) is 0 Å². The van der Waals surface area contributed by atoms with Crippen LogP contribution in [0.1, 0.15) is 16.7 Å². The summed E-state index contributed by atoms with van der Waals surface area (Å²) < 4.78 is 69.2. The number of alkyl halides is 3. The summed E-state index contributed by atoms with van der Waals surface area (Å²) in [5.74, 6) is -0.226. The SMILES string of the molecule is Cc1ccc(CN(c2ccc(OCC(=O)Nc3ccc(C(F)(F)F)cc3)cc2)S(C)(=O)=O)cc1. The molecule has 1 amide bonds. The Morgan fingerprint density at radius 3 is 2.06 bits per heavy atom. The molecule has 0 aliphatic carbocycles. The number of hydrogen-bond donors (Lipinski definition) is 1. The summed E-state index contributed by atoms with van der Waals surface area (Å²) in [6, 6.07) is 17.8. The van der Waals surface area contributed by atoms with Crippen LogP contribution in [0, 0.1) is 6.92 Å². The molecule has 0 bridgehead atoms. The van der Waals surface area contributed by atoms with E-state index >= 15 is 0 Å². The van der Waals surface area contributed by atoms with Crippen molar-refractivity contribution < 1.29 is 31.1 Å². The van der Waals surface area contributed by atoms with Crippen LogP contribution in [0.2, 0.25) is 0 Å². The van der Waals surface area contributed by atoms with Crippen molar-refractivity contribution in [3.8, 4) is 5.75 Å². The van der Waals surface area contributed by atoms with Crippen LogP contribution in [0.15, 0.2) is 72.8 Å². The van der Waals surface area contributed by atoms with Crippen LogP contribution < -0.4 is 14.4 Å². The van der Waals surface area contributed by atoms with Crippen molar-refractivity contribution in [3.05, 3.63) is 89.5 Å². The number of aryl methyl sites for hydroxylation is 1. The number of benzene rings is 3. The Morgan fingerprint density at radius 1 is 0.941 bits per heavy atom. The van der Waals surface area contributed by atoms with Crippen LogP contribution in [0.3, 0.4) is 0 Å². The maximum Gasteiger partial charge on any atom is 0.416 e. The van der Waals surface area contributed by atoms with Crippen molar-refractivity contribution in [1.82, 2.24) is 0 Å². The third-order valence-corrected chi connectivity index (χ3v) is 5.98. The van der Waals surface area contributed by atoms with Crippen molar-refractivity contribution in [1.29, 1.82) is 0 Å². The van der Waals surface area contributed by atoms with Gasteiger partial charge < -0.3 is 10.1 Å². The first-order valence-corrected chi connectivity index (χ1v) is 12.0. The number of ether oxygens (including phenoxy) is 1. The zero-order chi connectivity index (χ0) is 24.9. The topological polar surface area (TPSA) is 75.7 Å². The van der Waals surface area contributed by atoms with E-state index < -0.39 is 27.7 Å². The number of rotatable bonds is 8. The molecular weight excluding hydrogens is 469 g/mol. The van der Waals surface area contributed by atoms with Crippen molar-refractivity contribution in [2.45, 2.75) is 19.6 Å². The first-order valence-electron chi connectivity index (χ1n) is 10.1. The fourth-order valence-electron chi connectivity index (χ4n) is 3.06. The van der Waals surface area contributed by atoms with Gasteiger partial charge in [0.15, 0.2) is 6.61 Å². The first-order chi connectivity index (χ1) is 15.9. The lowest BCUT2D eigenvalue weighted by molar-refractivity contribution is -0.137. The highest BCUT2D eigenvalue weighted by Crippen LogP contribution is 2.30. The summed E-state index contributed by atoms with van der Waals surface area (Å²) >= 11 is 0. The number of amides is 1. The second-order valence-corrected chi connectivity index (χ2v) is 9.57. The van der Waals surface area contributed by atoms with E-state index in [1.807, 2.05) is 31.2 Å². The standard InChI is InChI=1S/C24H23F3N2O4S/c1-17-3-5-18(6-4-17)15-29(34(2,31)32)21-11-13-22(14-12-21)33-16-23(30)28-20-9-7-19(8-10-20)24(25,26)27/h3-14H,15-16H2,1-2H3,(H,28,30). The molecule has 3 aromatic carbocycles. The second-order valence-electron chi connectivity index (χ2n) is 7.66. The van der Waals surface area contributed by atoms with Crippen molar-refractivity contribution in [2.75, 3.05) is 22.5 Å². The number of hydrogen-bond acceptors (Lipinski definition) is 4. The maximum atomic E-state index is 12.6. The fourth-order valence-corrected chi connectivity index (χ4v) is 3.94. The fraction of sp³-hybridized carbons (Fsp3) is 0.208. The van der Waals surface area contributed by atoms with Gasteiger partial charge in [-0.25, -0.2) is 8.42 Å². The van der Waals surface area contributed by atoms with Crippen LogP contribution >= 0.6 is 0 Å². The summed E-state index contributed by atoms with van der Waals surface area (Å²) in [5, 5.41) is 2.45. The van der Waals surface area contributed by atoms with Crippen LogP contribution in [0.25, 0.3) is 0 Å². The van der Waals surface area contributed by atoms with Crippen molar-refractivity contribution >= 4 is 27.3 Å². The maximum absolute atomic E-state index is 12.6. The predicted octanol–water partition coefficient (Wildman–Crippen LogP) is 5.00. The van der Waals surface area contributed by atoms with Gasteiger partial charge in [-0.1, -0.05) is 29.8 Å². The van der Waals surface area contributed by atoms with Crippen LogP contribution in [0.4, 0.5) is 24.5 Å². The molecule has 0 fully saturated rings. The second kappa shape index (κ2) is 10.2. The van der Waals surface area contributed by atoms with Gasteiger partial charge in [0, 0.05) is 5.69 Å². The van der Waals surface area contributed by atoms with E-state index in [1.54, 1.807) is 12.1 Å². The van der Waals surface area contributed by atoms with Gasteiger partial charge in [0.25, 0.3) is 5.91 Å². The Hall–Kier alpha value is -3.53. The van der Waals surface area contributed by atoms with Crippen LogP contribution in [-0.4, -0.2) is 27.2 Å².